The molecule has 3 heterocycles. The smallest absolute Gasteiger partial charge is 0.209 e. The lowest BCUT2D eigenvalue weighted by Gasteiger charge is -2.28. The Bertz CT molecular complexity index is 3080. The molecule has 1 aliphatic heterocycles. The summed E-state index contributed by atoms with van der Waals surface area (Å²) in [5.74, 6) is 0.818. The van der Waals surface area contributed by atoms with Crippen LogP contribution in [0.3, 0.4) is 0 Å². The van der Waals surface area contributed by atoms with Crippen molar-refractivity contribution in [3.63, 3.8) is 0 Å². The van der Waals surface area contributed by atoms with Crippen LogP contribution in [-0.4, -0.2) is 15.1 Å². The Morgan fingerprint density at radius 2 is 0.926 bits per heavy atom. The number of hydrogen-bond acceptors (Lipinski definition) is 2. The molecule has 0 spiro atoms. The van der Waals surface area contributed by atoms with Gasteiger partial charge in [-0.1, -0.05) is 133 Å². The van der Waals surface area contributed by atoms with Crippen LogP contribution >= 0.6 is 0 Å². The average molecular weight is 691 g/mol. The molecule has 0 amide bonds. The number of nitrogens with zero attached hydrogens (tertiary/aromatic N) is 3. The van der Waals surface area contributed by atoms with Gasteiger partial charge in [0.15, 0.2) is 0 Å². The van der Waals surface area contributed by atoms with Crippen molar-refractivity contribution in [2.45, 2.75) is 6.04 Å². The molecule has 0 bridgehead atoms. The van der Waals surface area contributed by atoms with Gasteiger partial charge >= 0.3 is 0 Å². The highest BCUT2D eigenvalue weighted by Gasteiger charge is 2.27. The lowest BCUT2D eigenvalue weighted by molar-refractivity contribution is 0.731. The largest absolute Gasteiger partial charge is 0.344 e. The summed E-state index contributed by atoms with van der Waals surface area (Å²) in [6.07, 6.45) is 0. The first-order valence-corrected chi connectivity index (χ1v) is 18.5. The molecule has 1 unspecified atom stereocenters. The Hall–Kier alpha value is -7.17. The molecule has 4 nitrogen and oxygen atoms in total. The monoisotopic (exact) mass is 690 g/mol. The van der Waals surface area contributed by atoms with Crippen LogP contribution < -0.4 is 5.32 Å². The number of para-hydroxylation sites is 4. The Balaban J connectivity index is 1.05. The van der Waals surface area contributed by atoms with E-state index in [-0.39, 0.29) is 6.04 Å². The summed E-state index contributed by atoms with van der Waals surface area (Å²) in [6, 6.07) is 69.7. The van der Waals surface area contributed by atoms with Crippen LogP contribution in [0.1, 0.15) is 17.2 Å². The van der Waals surface area contributed by atoms with Crippen molar-refractivity contribution in [3.8, 4) is 27.9 Å². The molecule has 1 N–H and O–H groups in total. The number of hydrogen-bond donors (Lipinski definition) is 1. The fraction of sp³-hybridized carbons (Fsp3) is 0.0200. The normalized spacial score (nSPS) is 14.0. The predicted molar refractivity (Wildman–Crippen MR) is 225 cm³/mol. The minimum Gasteiger partial charge on any atom is -0.344 e. The molecule has 8 aromatic carbocycles. The lowest BCUT2D eigenvalue weighted by atomic mass is 9.93. The predicted octanol–water partition coefficient (Wildman–Crippen LogP) is 12.5. The van der Waals surface area contributed by atoms with Crippen molar-refractivity contribution in [1.29, 1.82) is 0 Å². The molecule has 0 fully saturated rings. The van der Waals surface area contributed by atoms with E-state index in [9.17, 15) is 0 Å². The van der Waals surface area contributed by atoms with Crippen LogP contribution in [0.15, 0.2) is 199 Å². The summed E-state index contributed by atoms with van der Waals surface area (Å²) in [7, 11) is 0. The third kappa shape index (κ3) is 4.81. The molecular formula is C50H34N4. The van der Waals surface area contributed by atoms with E-state index in [0.29, 0.717) is 0 Å². The summed E-state index contributed by atoms with van der Waals surface area (Å²) in [5.41, 5.74) is 13.9. The number of rotatable bonds is 4. The molecule has 1 aliphatic rings. The molecule has 0 saturated heterocycles. The van der Waals surface area contributed by atoms with Gasteiger partial charge in [0.05, 0.1) is 33.8 Å². The molecule has 0 saturated carbocycles. The summed E-state index contributed by atoms with van der Waals surface area (Å²) < 4.78 is 4.67. The lowest BCUT2D eigenvalue weighted by Crippen LogP contribution is -2.36. The van der Waals surface area contributed by atoms with Crippen molar-refractivity contribution in [2.75, 3.05) is 0 Å². The van der Waals surface area contributed by atoms with Crippen molar-refractivity contribution in [1.82, 2.24) is 14.5 Å². The highest BCUT2D eigenvalue weighted by atomic mass is 15.2. The van der Waals surface area contributed by atoms with Gasteiger partial charge in [-0.25, -0.2) is 4.99 Å². The van der Waals surface area contributed by atoms with E-state index in [2.05, 4.69) is 209 Å². The molecule has 254 valence electrons. The van der Waals surface area contributed by atoms with E-state index >= 15 is 0 Å². The van der Waals surface area contributed by atoms with Crippen molar-refractivity contribution < 1.29 is 0 Å². The highest BCUT2D eigenvalue weighted by molar-refractivity contribution is 6.16. The van der Waals surface area contributed by atoms with Gasteiger partial charge in [-0.05, 0) is 88.5 Å². The first kappa shape index (κ1) is 30.5. The maximum Gasteiger partial charge on any atom is 0.209 e. The van der Waals surface area contributed by atoms with Gasteiger partial charge in [-0.3, -0.25) is 4.57 Å². The Labute approximate surface area is 312 Å². The number of nitrogens with one attached hydrogen (secondary N) is 1. The van der Waals surface area contributed by atoms with Crippen LogP contribution in [0.5, 0.6) is 0 Å². The molecule has 0 aliphatic carbocycles. The minimum atomic E-state index is -0.0717. The molecule has 10 aromatic rings. The van der Waals surface area contributed by atoms with Crippen LogP contribution in [0.25, 0.3) is 71.6 Å². The standard InChI is InChI=1S/C50H34N4/c1-3-14-33(15-4-1)34-16-13-17-37(30-34)49-41-22-7-10-23-44(41)51-50(52-49)54-46-25-12-9-21-40(46)43-32-36(27-29-48(43)54)35-26-28-47-42(31-35)39-20-8-11-24-45(39)53(47)38-18-5-2-6-19-38/h1-32,49H,(H,51,52). The molecular weight excluding hydrogens is 657 g/mol. The fourth-order valence-electron chi connectivity index (χ4n) is 8.48. The second-order valence-corrected chi connectivity index (χ2v) is 14.1. The van der Waals surface area contributed by atoms with E-state index in [4.69, 9.17) is 4.99 Å². The zero-order chi connectivity index (χ0) is 35.6. The van der Waals surface area contributed by atoms with Gasteiger partial charge in [-0.15, -0.1) is 0 Å². The number of benzene rings is 8. The van der Waals surface area contributed by atoms with Gasteiger partial charge in [0, 0.05) is 32.8 Å². The zero-order valence-corrected chi connectivity index (χ0v) is 29.4. The first-order chi connectivity index (χ1) is 26.8. The van der Waals surface area contributed by atoms with Crippen molar-refractivity contribution >= 4 is 55.3 Å². The topological polar surface area (TPSA) is 34.2 Å². The molecule has 11 rings (SSSR count). The second-order valence-electron chi connectivity index (χ2n) is 14.1. The summed E-state index contributed by atoms with van der Waals surface area (Å²) >= 11 is 0. The van der Waals surface area contributed by atoms with Crippen LogP contribution in [0.2, 0.25) is 0 Å². The van der Waals surface area contributed by atoms with Gasteiger partial charge in [0.1, 0.15) is 0 Å². The van der Waals surface area contributed by atoms with Crippen LogP contribution in [-0.2, 0) is 0 Å². The van der Waals surface area contributed by atoms with Crippen LogP contribution in [0, 0.1) is 0 Å². The summed E-state index contributed by atoms with van der Waals surface area (Å²) in [5, 5.41) is 8.79. The van der Waals surface area contributed by atoms with Crippen molar-refractivity contribution in [3.05, 3.63) is 205 Å². The average Bonchev–Trinajstić information content (AvgIpc) is 3.76. The SMILES string of the molecule is c1ccc(-c2cccc(C3NC(n4c5ccccc5c5cc(-c6ccc7c(c6)c6ccccc6n7-c6ccccc6)ccc54)=Nc4ccccc43)c2)cc1. The third-order valence-corrected chi connectivity index (χ3v) is 11.0. The Morgan fingerprint density at radius 1 is 0.389 bits per heavy atom. The van der Waals surface area contributed by atoms with E-state index in [1.165, 1.54) is 71.6 Å². The Kier molecular flexibility index (Phi) is 6.89. The number of fused-ring (bicyclic) bond motifs is 7. The number of aromatic nitrogens is 2. The summed E-state index contributed by atoms with van der Waals surface area (Å²) in [6.45, 7) is 0. The quantitative estimate of drug-likeness (QED) is 0.196. The van der Waals surface area contributed by atoms with Crippen LogP contribution in [0.4, 0.5) is 5.69 Å². The van der Waals surface area contributed by atoms with E-state index in [1.54, 1.807) is 0 Å². The minimum absolute atomic E-state index is 0.0717. The fourth-order valence-corrected chi connectivity index (χ4v) is 8.48. The third-order valence-electron chi connectivity index (χ3n) is 11.0. The highest BCUT2D eigenvalue weighted by Crippen LogP contribution is 2.40. The molecule has 4 heteroatoms. The van der Waals surface area contributed by atoms with Gasteiger partial charge in [0.25, 0.3) is 0 Å². The molecule has 54 heavy (non-hydrogen) atoms. The molecule has 0 radical (unpaired) electrons. The van der Waals surface area contributed by atoms with Gasteiger partial charge < -0.3 is 9.88 Å². The molecule has 1 atom stereocenters. The summed E-state index contributed by atoms with van der Waals surface area (Å²) in [4.78, 5) is 5.28. The first-order valence-electron chi connectivity index (χ1n) is 18.5. The second kappa shape index (κ2) is 12.2. The van der Waals surface area contributed by atoms with E-state index in [1.807, 2.05) is 0 Å². The van der Waals surface area contributed by atoms with Gasteiger partial charge in [-0.2, -0.15) is 0 Å². The maximum absolute atomic E-state index is 5.28. The molecule has 2 aromatic heterocycles. The maximum atomic E-state index is 5.28. The van der Waals surface area contributed by atoms with E-state index in [0.717, 1.165) is 22.7 Å². The zero-order valence-electron chi connectivity index (χ0n) is 29.4. The van der Waals surface area contributed by atoms with Crippen molar-refractivity contribution in [2.24, 2.45) is 4.99 Å². The van der Waals surface area contributed by atoms with E-state index < -0.39 is 0 Å². The number of aliphatic imine (C=N–C) groups is 1. The Morgan fingerprint density at radius 3 is 1.65 bits per heavy atom. The van der Waals surface area contributed by atoms with Gasteiger partial charge in [0.2, 0.25) is 5.96 Å².